The number of carboxylic acids is 1. The van der Waals surface area contributed by atoms with Crippen molar-refractivity contribution in [2.45, 2.75) is 33.1 Å². The van der Waals surface area contributed by atoms with Crippen LogP contribution in [0.3, 0.4) is 0 Å². The number of carboxylic acid groups (broad SMARTS) is 1. The number of hydrogen-bond donors (Lipinski definition) is 1. The van der Waals surface area contributed by atoms with Gasteiger partial charge in [-0.05, 0) is 26.3 Å². The zero-order valence-electron chi connectivity index (χ0n) is 8.87. The highest BCUT2D eigenvalue weighted by molar-refractivity contribution is 5.97. The predicted molar refractivity (Wildman–Crippen MR) is 54.0 cm³/mol. The summed E-state index contributed by atoms with van der Waals surface area (Å²) in [6.45, 7) is 3.51. The molecule has 1 aromatic rings. The molecule has 0 bridgehead atoms. The van der Waals surface area contributed by atoms with Gasteiger partial charge in [-0.2, -0.15) is 0 Å². The molecule has 0 aliphatic rings. The molecular weight excluding hydrogens is 196 g/mol. The van der Waals surface area contributed by atoms with Gasteiger partial charge in [-0.15, -0.1) is 0 Å². The number of aliphatic carboxylic acids is 1. The van der Waals surface area contributed by atoms with Gasteiger partial charge < -0.3 is 9.52 Å². The van der Waals surface area contributed by atoms with Crippen LogP contribution < -0.4 is 0 Å². The monoisotopic (exact) mass is 210 g/mol. The van der Waals surface area contributed by atoms with Gasteiger partial charge in [0.1, 0.15) is 11.5 Å². The second kappa shape index (κ2) is 4.77. The van der Waals surface area contributed by atoms with Crippen LogP contribution in [0.15, 0.2) is 10.5 Å². The van der Waals surface area contributed by atoms with Crippen LogP contribution in [0.5, 0.6) is 0 Å². The average Bonchev–Trinajstić information content (AvgIpc) is 2.44. The zero-order chi connectivity index (χ0) is 11.4. The second-order valence-corrected chi connectivity index (χ2v) is 3.50. The first-order chi connectivity index (χ1) is 7.00. The summed E-state index contributed by atoms with van der Waals surface area (Å²) in [5, 5.41) is 8.43. The molecule has 1 rings (SSSR count). The Morgan fingerprint density at radius 2 is 2.00 bits per heavy atom. The highest BCUT2D eigenvalue weighted by atomic mass is 16.4. The van der Waals surface area contributed by atoms with Gasteiger partial charge >= 0.3 is 5.97 Å². The molecule has 1 N–H and O–H groups in total. The maximum absolute atomic E-state index is 11.6. The third-order valence-corrected chi connectivity index (χ3v) is 2.14. The fourth-order valence-electron chi connectivity index (χ4n) is 1.44. The largest absolute Gasteiger partial charge is 0.481 e. The minimum Gasteiger partial charge on any atom is -0.481 e. The van der Waals surface area contributed by atoms with E-state index in [4.69, 9.17) is 9.52 Å². The number of Topliss-reactive ketones (excluding diaryl/α,β-unsaturated/α-hetero) is 1. The van der Waals surface area contributed by atoms with E-state index in [1.165, 1.54) is 0 Å². The quantitative estimate of drug-likeness (QED) is 0.757. The number of rotatable bonds is 5. The van der Waals surface area contributed by atoms with E-state index < -0.39 is 5.97 Å². The molecule has 15 heavy (non-hydrogen) atoms. The summed E-state index contributed by atoms with van der Waals surface area (Å²) in [4.78, 5) is 21.9. The van der Waals surface area contributed by atoms with Crippen molar-refractivity contribution in [3.8, 4) is 0 Å². The Hall–Kier alpha value is -1.58. The molecule has 0 aliphatic carbocycles. The first-order valence-corrected chi connectivity index (χ1v) is 4.82. The molecule has 0 saturated carbocycles. The molecule has 4 nitrogen and oxygen atoms in total. The van der Waals surface area contributed by atoms with Gasteiger partial charge in [-0.25, -0.2) is 0 Å². The Morgan fingerprint density at radius 3 is 2.47 bits per heavy atom. The molecule has 0 aliphatic heterocycles. The Morgan fingerprint density at radius 1 is 1.33 bits per heavy atom. The van der Waals surface area contributed by atoms with Crippen molar-refractivity contribution < 1.29 is 19.1 Å². The van der Waals surface area contributed by atoms with Crippen molar-refractivity contribution in [1.82, 2.24) is 0 Å². The molecule has 1 aromatic heterocycles. The number of hydrogen-bond acceptors (Lipinski definition) is 3. The van der Waals surface area contributed by atoms with E-state index in [1.54, 1.807) is 19.9 Å². The second-order valence-electron chi connectivity index (χ2n) is 3.50. The van der Waals surface area contributed by atoms with Gasteiger partial charge in [0.25, 0.3) is 0 Å². The van der Waals surface area contributed by atoms with E-state index >= 15 is 0 Å². The SMILES string of the molecule is Cc1cc(C(=O)CCCC(=O)O)c(C)o1. The lowest BCUT2D eigenvalue weighted by molar-refractivity contribution is -0.137. The molecule has 0 radical (unpaired) electrons. The normalized spacial score (nSPS) is 10.3. The van der Waals surface area contributed by atoms with E-state index in [1.807, 2.05) is 0 Å². The summed E-state index contributed by atoms with van der Waals surface area (Å²) in [7, 11) is 0. The topological polar surface area (TPSA) is 67.5 Å². The summed E-state index contributed by atoms with van der Waals surface area (Å²) in [6, 6.07) is 1.69. The number of carbonyl (C=O) groups is 2. The molecule has 0 fully saturated rings. The van der Waals surface area contributed by atoms with Crippen LogP contribution in [-0.4, -0.2) is 16.9 Å². The third kappa shape index (κ3) is 3.23. The van der Waals surface area contributed by atoms with Crippen LogP contribution >= 0.6 is 0 Å². The molecular formula is C11H14O4. The maximum atomic E-state index is 11.6. The summed E-state index contributed by atoms with van der Waals surface area (Å²) < 4.78 is 5.23. The van der Waals surface area contributed by atoms with E-state index in [-0.39, 0.29) is 18.6 Å². The molecule has 82 valence electrons. The molecule has 4 heteroatoms. The molecule has 0 amide bonds. The van der Waals surface area contributed by atoms with Crippen molar-refractivity contribution in [2.75, 3.05) is 0 Å². The predicted octanol–water partition coefficient (Wildman–Crippen LogP) is 2.33. The van der Waals surface area contributed by atoms with Gasteiger partial charge in [0.05, 0.1) is 5.56 Å². The Balaban J connectivity index is 2.54. The number of ketones is 1. The summed E-state index contributed by atoms with van der Waals surface area (Å²) in [5.74, 6) is 0.385. The van der Waals surface area contributed by atoms with E-state index in [0.717, 1.165) is 0 Å². The first-order valence-electron chi connectivity index (χ1n) is 4.82. The zero-order valence-corrected chi connectivity index (χ0v) is 8.87. The van der Waals surface area contributed by atoms with Gasteiger partial charge in [-0.1, -0.05) is 0 Å². The smallest absolute Gasteiger partial charge is 0.303 e. The number of carbonyl (C=O) groups excluding carboxylic acids is 1. The summed E-state index contributed by atoms with van der Waals surface area (Å²) in [6.07, 6.45) is 0.658. The van der Waals surface area contributed by atoms with Crippen molar-refractivity contribution in [1.29, 1.82) is 0 Å². The number of aryl methyl sites for hydroxylation is 2. The molecule has 1 heterocycles. The molecule has 0 unspecified atom stereocenters. The van der Waals surface area contributed by atoms with Crippen LogP contribution in [0.1, 0.15) is 41.1 Å². The standard InChI is InChI=1S/C11H14O4/c1-7-6-9(8(2)15-7)10(12)4-3-5-11(13)14/h6H,3-5H2,1-2H3,(H,13,14). The van der Waals surface area contributed by atoms with Crippen molar-refractivity contribution in [3.05, 3.63) is 23.2 Å². The Kier molecular flexibility index (Phi) is 3.66. The molecule has 0 atom stereocenters. The molecule has 0 aromatic carbocycles. The lowest BCUT2D eigenvalue weighted by Gasteiger charge is -1.97. The average molecular weight is 210 g/mol. The van der Waals surface area contributed by atoms with E-state index in [9.17, 15) is 9.59 Å². The Labute approximate surface area is 87.9 Å². The van der Waals surface area contributed by atoms with Crippen LogP contribution in [-0.2, 0) is 4.79 Å². The van der Waals surface area contributed by atoms with Crippen molar-refractivity contribution in [3.63, 3.8) is 0 Å². The Bertz CT molecular complexity index is 376. The van der Waals surface area contributed by atoms with Crippen LogP contribution in [0.25, 0.3) is 0 Å². The highest BCUT2D eigenvalue weighted by Gasteiger charge is 2.13. The van der Waals surface area contributed by atoms with Gasteiger partial charge in [0, 0.05) is 12.8 Å². The van der Waals surface area contributed by atoms with Crippen LogP contribution in [0.4, 0.5) is 0 Å². The van der Waals surface area contributed by atoms with E-state index in [2.05, 4.69) is 0 Å². The molecule has 0 spiro atoms. The summed E-state index contributed by atoms with van der Waals surface area (Å²) >= 11 is 0. The number of furan rings is 1. The van der Waals surface area contributed by atoms with Gasteiger partial charge in [0.15, 0.2) is 5.78 Å². The highest BCUT2D eigenvalue weighted by Crippen LogP contribution is 2.16. The van der Waals surface area contributed by atoms with Crippen molar-refractivity contribution in [2.24, 2.45) is 0 Å². The lowest BCUT2D eigenvalue weighted by atomic mass is 10.1. The van der Waals surface area contributed by atoms with Crippen LogP contribution in [0.2, 0.25) is 0 Å². The lowest BCUT2D eigenvalue weighted by Crippen LogP contribution is -2.01. The van der Waals surface area contributed by atoms with Gasteiger partial charge in [0.2, 0.25) is 0 Å². The summed E-state index contributed by atoms with van der Waals surface area (Å²) in [5.41, 5.74) is 0.567. The minimum atomic E-state index is -0.872. The van der Waals surface area contributed by atoms with Crippen LogP contribution in [0, 0.1) is 13.8 Å². The van der Waals surface area contributed by atoms with Crippen molar-refractivity contribution >= 4 is 11.8 Å². The third-order valence-electron chi connectivity index (χ3n) is 2.14. The fraction of sp³-hybridized carbons (Fsp3) is 0.455. The maximum Gasteiger partial charge on any atom is 0.303 e. The fourth-order valence-corrected chi connectivity index (χ4v) is 1.44. The van der Waals surface area contributed by atoms with E-state index in [0.29, 0.717) is 23.5 Å². The van der Waals surface area contributed by atoms with Gasteiger partial charge in [-0.3, -0.25) is 9.59 Å². The minimum absolute atomic E-state index is 0.0294. The first kappa shape index (κ1) is 11.5. The molecule has 0 saturated heterocycles.